The maximum atomic E-state index is 14.1. The van der Waals surface area contributed by atoms with E-state index in [9.17, 15) is 18.4 Å². The van der Waals surface area contributed by atoms with Gasteiger partial charge in [-0.05, 0) is 25.8 Å². The Morgan fingerprint density at radius 2 is 1.97 bits per heavy atom. The molecule has 0 unspecified atom stereocenters. The first-order valence-corrected chi connectivity index (χ1v) is 9.62. The smallest absolute Gasteiger partial charge is 0.276 e. The first-order chi connectivity index (χ1) is 13.7. The molecule has 2 saturated heterocycles. The highest BCUT2D eigenvalue weighted by molar-refractivity contribution is 5.93. The standard InChI is InChI=1S/C18H23F2N7O2/c1-12-7-15(24(2)22-12)17(29)27-11-18(19,20)8-13(27)9-26-10-14(21-23-26)16(28)25-5-3-4-6-25/h7,10,13H,3-6,8-9,11H2,1-2H3/t13-/m0/s1. The van der Waals surface area contributed by atoms with E-state index in [1.165, 1.54) is 20.5 Å². The van der Waals surface area contributed by atoms with Gasteiger partial charge in [-0.1, -0.05) is 5.21 Å². The van der Waals surface area contributed by atoms with Crippen LogP contribution in [0.25, 0.3) is 0 Å². The van der Waals surface area contributed by atoms with Gasteiger partial charge in [0.1, 0.15) is 5.69 Å². The summed E-state index contributed by atoms with van der Waals surface area (Å²) in [6, 6.07) is 0.821. The van der Waals surface area contributed by atoms with Crippen molar-refractivity contribution in [2.75, 3.05) is 19.6 Å². The highest BCUT2D eigenvalue weighted by atomic mass is 19.3. The Morgan fingerprint density at radius 1 is 1.24 bits per heavy atom. The lowest BCUT2D eigenvalue weighted by Crippen LogP contribution is -2.39. The third-order valence-electron chi connectivity index (χ3n) is 5.41. The van der Waals surface area contributed by atoms with Gasteiger partial charge in [-0.15, -0.1) is 5.10 Å². The lowest BCUT2D eigenvalue weighted by atomic mass is 10.2. The molecule has 0 spiro atoms. The Hall–Kier alpha value is -2.85. The molecule has 4 rings (SSSR count). The second-order valence-electron chi connectivity index (χ2n) is 7.77. The average molecular weight is 407 g/mol. The fourth-order valence-corrected chi connectivity index (χ4v) is 4.04. The highest BCUT2D eigenvalue weighted by Gasteiger charge is 2.47. The van der Waals surface area contributed by atoms with Gasteiger partial charge in [0.2, 0.25) is 0 Å². The minimum Gasteiger partial charge on any atom is -0.337 e. The van der Waals surface area contributed by atoms with E-state index in [1.807, 2.05) is 0 Å². The molecular formula is C18H23F2N7O2. The van der Waals surface area contributed by atoms with Crippen molar-refractivity contribution >= 4 is 11.8 Å². The van der Waals surface area contributed by atoms with Crippen LogP contribution in [0.2, 0.25) is 0 Å². The van der Waals surface area contributed by atoms with Crippen molar-refractivity contribution in [1.29, 1.82) is 0 Å². The Kier molecular flexibility index (Phi) is 4.83. The third-order valence-corrected chi connectivity index (χ3v) is 5.41. The van der Waals surface area contributed by atoms with Gasteiger partial charge in [-0.25, -0.2) is 13.5 Å². The summed E-state index contributed by atoms with van der Waals surface area (Å²) in [6.07, 6.45) is 2.92. The van der Waals surface area contributed by atoms with Gasteiger partial charge in [-0.2, -0.15) is 5.10 Å². The molecule has 0 aliphatic carbocycles. The molecule has 2 amide bonds. The van der Waals surface area contributed by atoms with Gasteiger partial charge in [0.15, 0.2) is 5.69 Å². The van der Waals surface area contributed by atoms with Crippen molar-refractivity contribution in [3.8, 4) is 0 Å². The highest BCUT2D eigenvalue weighted by Crippen LogP contribution is 2.33. The number of amides is 2. The van der Waals surface area contributed by atoms with Crippen LogP contribution in [0.15, 0.2) is 12.3 Å². The average Bonchev–Trinajstić information content (AvgIpc) is 3.42. The molecule has 0 bridgehead atoms. The summed E-state index contributed by atoms with van der Waals surface area (Å²) in [6.45, 7) is 2.49. The van der Waals surface area contributed by atoms with Crippen LogP contribution in [-0.2, 0) is 13.6 Å². The second kappa shape index (κ2) is 7.20. The van der Waals surface area contributed by atoms with E-state index in [2.05, 4.69) is 15.4 Å². The third kappa shape index (κ3) is 3.85. The molecule has 0 N–H and O–H groups in total. The zero-order chi connectivity index (χ0) is 20.8. The van der Waals surface area contributed by atoms with E-state index < -0.39 is 30.8 Å². The monoisotopic (exact) mass is 407 g/mol. The molecule has 2 aromatic heterocycles. The van der Waals surface area contributed by atoms with Crippen LogP contribution >= 0.6 is 0 Å². The number of alkyl halides is 2. The van der Waals surface area contributed by atoms with Crippen molar-refractivity contribution in [2.24, 2.45) is 7.05 Å². The van der Waals surface area contributed by atoms with Gasteiger partial charge in [-0.3, -0.25) is 14.3 Å². The maximum Gasteiger partial charge on any atom is 0.276 e. The van der Waals surface area contributed by atoms with Crippen molar-refractivity contribution in [1.82, 2.24) is 34.6 Å². The van der Waals surface area contributed by atoms with Gasteiger partial charge < -0.3 is 9.80 Å². The Balaban J connectivity index is 1.51. The summed E-state index contributed by atoms with van der Waals surface area (Å²) in [7, 11) is 1.61. The number of rotatable bonds is 4. The molecule has 11 heteroatoms. The molecule has 29 heavy (non-hydrogen) atoms. The van der Waals surface area contributed by atoms with E-state index in [0.717, 1.165) is 12.8 Å². The van der Waals surface area contributed by atoms with Gasteiger partial charge >= 0.3 is 0 Å². The molecule has 2 fully saturated rings. The number of aromatic nitrogens is 5. The number of nitrogens with zero attached hydrogens (tertiary/aromatic N) is 7. The van der Waals surface area contributed by atoms with E-state index in [0.29, 0.717) is 18.8 Å². The van der Waals surface area contributed by atoms with Crippen LogP contribution in [0.4, 0.5) is 8.78 Å². The Morgan fingerprint density at radius 3 is 2.62 bits per heavy atom. The van der Waals surface area contributed by atoms with Crippen LogP contribution in [0, 0.1) is 6.92 Å². The van der Waals surface area contributed by atoms with Crippen molar-refractivity contribution in [3.05, 3.63) is 29.3 Å². The zero-order valence-corrected chi connectivity index (χ0v) is 16.4. The van der Waals surface area contributed by atoms with Crippen molar-refractivity contribution in [3.63, 3.8) is 0 Å². The van der Waals surface area contributed by atoms with Gasteiger partial charge in [0, 0.05) is 26.6 Å². The first-order valence-electron chi connectivity index (χ1n) is 9.62. The number of hydrogen-bond acceptors (Lipinski definition) is 5. The molecule has 9 nitrogen and oxygen atoms in total. The van der Waals surface area contributed by atoms with Crippen LogP contribution in [0.1, 0.15) is 45.9 Å². The number of carbonyl (C=O) groups excluding carboxylic acids is 2. The van der Waals surface area contributed by atoms with Crippen molar-refractivity contribution < 1.29 is 18.4 Å². The molecule has 0 radical (unpaired) electrons. The minimum atomic E-state index is -2.98. The van der Waals surface area contributed by atoms with E-state index >= 15 is 0 Å². The number of hydrogen-bond donors (Lipinski definition) is 0. The van der Waals surface area contributed by atoms with Gasteiger partial charge in [0.25, 0.3) is 17.7 Å². The molecule has 0 aromatic carbocycles. The van der Waals surface area contributed by atoms with Crippen LogP contribution < -0.4 is 0 Å². The summed E-state index contributed by atoms with van der Waals surface area (Å²) >= 11 is 0. The number of halogens is 2. The van der Waals surface area contributed by atoms with Crippen LogP contribution in [0.3, 0.4) is 0 Å². The zero-order valence-electron chi connectivity index (χ0n) is 16.4. The fourth-order valence-electron chi connectivity index (χ4n) is 4.04. The van der Waals surface area contributed by atoms with E-state index in [4.69, 9.17) is 0 Å². The summed E-state index contributed by atoms with van der Waals surface area (Å²) in [4.78, 5) is 28.2. The maximum absolute atomic E-state index is 14.1. The molecule has 2 aliphatic heterocycles. The number of aryl methyl sites for hydroxylation is 2. The summed E-state index contributed by atoms with van der Waals surface area (Å²) in [5.41, 5.74) is 1.09. The SMILES string of the molecule is Cc1cc(C(=O)N2CC(F)(F)C[C@H]2Cn2cc(C(=O)N3CCCC3)nn2)n(C)n1. The predicted molar refractivity (Wildman–Crippen MR) is 97.5 cm³/mol. The normalized spacial score (nSPS) is 21.2. The molecule has 2 aromatic rings. The van der Waals surface area contributed by atoms with Crippen molar-refractivity contribution in [2.45, 2.75) is 44.7 Å². The van der Waals surface area contributed by atoms with E-state index in [-0.39, 0.29) is 23.8 Å². The molecule has 1 atom stereocenters. The van der Waals surface area contributed by atoms with E-state index in [1.54, 1.807) is 24.9 Å². The lowest BCUT2D eigenvalue weighted by molar-refractivity contribution is 0.0116. The Bertz CT molecular complexity index is 933. The topological polar surface area (TPSA) is 89.2 Å². The second-order valence-corrected chi connectivity index (χ2v) is 7.77. The molecule has 4 heterocycles. The number of likely N-dealkylation sites (tertiary alicyclic amines) is 2. The molecule has 156 valence electrons. The van der Waals surface area contributed by atoms with Gasteiger partial charge in [0.05, 0.1) is 31.0 Å². The largest absolute Gasteiger partial charge is 0.337 e. The number of carbonyl (C=O) groups is 2. The molecule has 0 saturated carbocycles. The summed E-state index contributed by atoms with van der Waals surface area (Å²) < 4.78 is 31.1. The molecular weight excluding hydrogens is 384 g/mol. The lowest BCUT2D eigenvalue weighted by Gasteiger charge is -2.23. The minimum absolute atomic E-state index is 0.0401. The first kappa shape index (κ1) is 19.5. The van der Waals surface area contributed by atoms with Crippen LogP contribution in [-0.4, -0.2) is 78.0 Å². The van der Waals surface area contributed by atoms with Crippen LogP contribution in [0.5, 0.6) is 0 Å². The molecule has 2 aliphatic rings. The summed E-state index contributed by atoms with van der Waals surface area (Å²) in [5.74, 6) is -3.68. The predicted octanol–water partition coefficient (Wildman–Crippen LogP) is 1.11. The Labute approximate surface area is 166 Å². The summed E-state index contributed by atoms with van der Waals surface area (Å²) in [5, 5.41) is 11.9. The fraction of sp³-hybridized carbons (Fsp3) is 0.611. The quantitative estimate of drug-likeness (QED) is 0.758.